The predicted octanol–water partition coefficient (Wildman–Crippen LogP) is 1.95. The van der Waals surface area contributed by atoms with Gasteiger partial charge >= 0.3 is 0 Å². The lowest BCUT2D eigenvalue weighted by atomic mass is 10.1. The first kappa shape index (κ1) is 15.0. The van der Waals surface area contributed by atoms with Crippen LogP contribution in [-0.2, 0) is 14.3 Å². The smallest absolute Gasteiger partial charge is 0.192 e. The molecule has 5 heteroatoms. The first-order valence-corrected chi connectivity index (χ1v) is 6.70. The van der Waals surface area contributed by atoms with Crippen LogP contribution >= 0.6 is 11.8 Å². The van der Waals surface area contributed by atoms with Crippen LogP contribution in [0.4, 0.5) is 0 Å². The molecular weight excluding hydrogens is 240 g/mol. The van der Waals surface area contributed by atoms with Gasteiger partial charge in [-0.1, -0.05) is 32.5 Å². The van der Waals surface area contributed by atoms with Crippen LogP contribution in [0.25, 0.3) is 0 Å². The molecule has 1 heterocycles. The Labute approximate surface area is 107 Å². The van der Waals surface area contributed by atoms with Crippen molar-refractivity contribution in [1.82, 2.24) is 0 Å². The Kier molecular flexibility index (Phi) is 5.01. The number of aliphatic hydroxyl groups excluding tert-OH is 1. The molecule has 0 aromatic rings. The minimum absolute atomic E-state index is 0.00611. The summed E-state index contributed by atoms with van der Waals surface area (Å²) in [6.45, 7) is 8.83. The van der Waals surface area contributed by atoms with E-state index in [-0.39, 0.29) is 16.3 Å². The second kappa shape index (κ2) is 5.69. The standard InChI is InChI=1S/C12H22O4S/c1-11(2,3)17-10(14)7-9(13)8-12(4)15-5-6-16-12/h9,13H,5-8H2,1-4H3/t9-/m1/s1. The van der Waals surface area contributed by atoms with Gasteiger partial charge in [-0.25, -0.2) is 0 Å². The summed E-state index contributed by atoms with van der Waals surface area (Å²) < 4.78 is 10.7. The first-order chi connectivity index (χ1) is 7.70. The zero-order valence-electron chi connectivity index (χ0n) is 11.0. The van der Waals surface area contributed by atoms with Crippen molar-refractivity contribution >= 4 is 16.9 Å². The minimum Gasteiger partial charge on any atom is -0.392 e. The second-order valence-corrected chi connectivity index (χ2v) is 7.36. The van der Waals surface area contributed by atoms with Gasteiger partial charge in [-0.05, 0) is 6.92 Å². The van der Waals surface area contributed by atoms with E-state index in [9.17, 15) is 9.90 Å². The topological polar surface area (TPSA) is 55.8 Å². The van der Waals surface area contributed by atoms with Gasteiger partial charge in [0.2, 0.25) is 0 Å². The fourth-order valence-corrected chi connectivity index (χ4v) is 2.71. The average molecular weight is 262 g/mol. The van der Waals surface area contributed by atoms with Gasteiger partial charge in [-0.3, -0.25) is 4.79 Å². The van der Waals surface area contributed by atoms with E-state index in [1.165, 1.54) is 11.8 Å². The molecule has 0 aromatic carbocycles. The number of thioether (sulfide) groups is 1. The van der Waals surface area contributed by atoms with E-state index in [0.717, 1.165) is 0 Å². The van der Waals surface area contributed by atoms with E-state index >= 15 is 0 Å². The zero-order valence-corrected chi connectivity index (χ0v) is 11.8. The van der Waals surface area contributed by atoms with Crippen LogP contribution in [0.15, 0.2) is 0 Å². The van der Waals surface area contributed by atoms with Crippen LogP contribution in [0.1, 0.15) is 40.5 Å². The number of hydrogen-bond donors (Lipinski definition) is 1. The van der Waals surface area contributed by atoms with Crippen molar-refractivity contribution in [2.75, 3.05) is 13.2 Å². The first-order valence-electron chi connectivity index (χ1n) is 5.88. The third kappa shape index (κ3) is 5.86. The molecule has 0 aromatic heterocycles. The number of rotatable bonds is 4. The van der Waals surface area contributed by atoms with E-state index < -0.39 is 11.9 Å². The second-order valence-electron chi connectivity index (χ2n) is 5.48. The maximum atomic E-state index is 11.7. The van der Waals surface area contributed by atoms with Gasteiger partial charge in [0.15, 0.2) is 10.9 Å². The maximum absolute atomic E-state index is 11.7. The molecule has 1 aliphatic rings. The van der Waals surface area contributed by atoms with E-state index in [0.29, 0.717) is 19.6 Å². The highest BCUT2D eigenvalue weighted by Crippen LogP contribution is 2.29. The van der Waals surface area contributed by atoms with Gasteiger partial charge in [0.05, 0.1) is 19.3 Å². The molecule has 100 valence electrons. The Morgan fingerprint density at radius 1 is 1.41 bits per heavy atom. The molecule has 1 aliphatic heterocycles. The fourth-order valence-electron chi connectivity index (χ4n) is 1.75. The Morgan fingerprint density at radius 3 is 2.41 bits per heavy atom. The monoisotopic (exact) mass is 262 g/mol. The molecule has 0 unspecified atom stereocenters. The Balaban J connectivity index is 2.34. The lowest BCUT2D eigenvalue weighted by Gasteiger charge is -2.25. The molecule has 0 saturated carbocycles. The molecule has 1 fully saturated rings. The van der Waals surface area contributed by atoms with Crippen molar-refractivity contribution in [2.24, 2.45) is 0 Å². The number of carbonyl (C=O) groups is 1. The summed E-state index contributed by atoms with van der Waals surface area (Å²) in [6.07, 6.45) is -0.228. The molecule has 1 rings (SSSR count). The van der Waals surface area contributed by atoms with Crippen molar-refractivity contribution in [1.29, 1.82) is 0 Å². The summed E-state index contributed by atoms with van der Waals surface area (Å²) in [6, 6.07) is 0. The SMILES string of the molecule is CC1(C[C@H](O)CC(=O)SC(C)(C)C)OCCO1. The van der Waals surface area contributed by atoms with Crippen LogP contribution < -0.4 is 0 Å². The normalized spacial score (nSPS) is 21.5. The van der Waals surface area contributed by atoms with Crippen molar-refractivity contribution in [3.05, 3.63) is 0 Å². The quantitative estimate of drug-likeness (QED) is 0.839. The molecule has 1 atom stereocenters. The molecule has 0 aliphatic carbocycles. The summed E-state index contributed by atoms with van der Waals surface area (Å²) >= 11 is 1.26. The van der Waals surface area contributed by atoms with Crippen LogP contribution in [0.3, 0.4) is 0 Å². The van der Waals surface area contributed by atoms with Gasteiger partial charge in [-0.15, -0.1) is 0 Å². The van der Waals surface area contributed by atoms with Crippen molar-refractivity contribution < 1.29 is 19.4 Å². The van der Waals surface area contributed by atoms with Gasteiger partial charge in [-0.2, -0.15) is 0 Å². The summed E-state index contributed by atoms with van der Waals surface area (Å²) in [5, 5.41) is 9.85. The summed E-state index contributed by atoms with van der Waals surface area (Å²) in [4.78, 5) is 11.7. The molecule has 17 heavy (non-hydrogen) atoms. The molecular formula is C12H22O4S. The predicted molar refractivity (Wildman–Crippen MR) is 67.9 cm³/mol. The highest BCUT2D eigenvalue weighted by atomic mass is 32.2. The lowest BCUT2D eigenvalue weighted by Crippen LogP contribution is -2.32. The number of hydrogen-bond acceptors (Lipinski definition) is 5. The summed E-state index contributed by atoms with van der Waals surface area (Å²) in [7, 11) is 0. The minimum atomic E-state index is -0.730. The molecule has 0 spiro atoms. The Bertz CT molecular complexity index is 266. The van der Waals surface area contributed by atoms with E-state index in [1.807, 2.05) is 20.8 Å². The molecule has 0 radical (unpaired) electrons. The summed E-state index contributed by atoms with van der Waals surface area (Å²) in [5.74, 6) is -0.730. The maximum Gasteiger partial charge on any atom is 0.192 e. The van der Waals surface area contributed by atoms with Crippen molar-refractivity contribution in [3.63, 3.8) is 0 Å². The molecule has 4 nitrogen and oxygen atoms in total. The Morgan fingerprint density at radius 2 is 1.94 bits per heavy atom. The van der Waals surface area contributed by atoms with Crippen LogP contribution in [-0.4, -0.2) is 40.1 Å². The number of ether oxygens (including phenoxy) is 2. The number of carbonyl (C=O) groups excluding carboxylic acids is 1. The molecule has 0 amide bonds. The van der Waals surface area contributed by atoms with Crippen LogP contribution in [0, 0.1) is 0 Å². The lowest BCUT2D eigenvalue weighted by molar-refractivity contribution is -0.163. The van der Waals surface area contributed by atoms with Gasteiger partial charge in [0, 0.05) is 17.6 Å². The van der Waals surface area contributed by atoms with Crippen molar-refractivity contribution in [2.45, 2.75) is 57.2 Å². The van der Waals surface area contributed by atoms with Gasteiger partial charge < -0.3 is 14.6 Å². The van der Waals surface area contributed by atoms with E-state index in [4.69, 9.17) is 9.47 Å². The van der Waals surface area contributed by atoms with Gasteiger partial charge in [0.1, 0.15) is 0 Å². The highest BCUT2D eigenvalue weighted by Gasteiger charge is 2.34. The van der Waals surface area contributed by atoms with Gasteiger partial charge in [0.25, 0.3) is 0 Å². The molecule has 0 bridgehead atoms. The number of aliphatic hydroxyl groups is 1. The molecule has 1 N–H and O–H groups in total. The average Bonchev–Trinajstić information content (AvgIpc) is 2.46. The van der Waals surface area contributed by atoms with E-state index in [1.54, 1.807) is 6.92 Å². The van der Waals surface area contributed by atoms with Crippen molar-refractivity contribution in [3.8, 4) is 0 Å². The largest absolute Gasteiger partial charge is 0.392 e. The van der Waals surface area contributed by atoms with Crippen LogP contribution in [0.2, 0.25) is 0 Å². The Hall–Kier alpha value is -0.100. The third-order valence-corrected chi connectivity index (χ3v) is 3.33. The van der Waals surface area contributed by atoms with Crippen LogP contribution in [0.5, 0.6) is 0 Å². The zero-order chi connectivity index (χ0) is 13.1. The van der Waals surface area contributed by atoms with E-state index in [2.05, 4.69) is 0 Å². The summed E-state index contributed by atoms with van der Waals surface area (Å²) in [5.41, 5.74) is 0. The fraction of sp³-hybridized carbons (Fsp3) is 0.917. The highest BCUT2D eigenvalue weighted by molar-refractivity contribution is 8.14. The third-order valence-electron chi connectivity index (χ3n) is 2.33. The molecule has 1 saturated heterocycles.